The van der Waals surface area contributed by atoms with Gasteiger partial charge in [-0.3, -0.25) is 0 Å². The van der Waals surface area contributed by atoms with Crippen LogP contribution in [0.3, 0.4) is 0 Å². The smallest absolute Gasteiger partial charge is 0.484 e. The van der Waals surface area contributed by atoms with Crippen molar-refractivity contribution in [1.29, 1.82) is 0 Å². The zero-order valence-electron chi connectivity index (χ0n) is 16.6. The molecular formula is C14H30O10Si4. The first kappa shape index (κ1) is 25.6. The molecule has 7 N–H and O–H groups in total. The molecule has 0 fully saturated rings. The van der Waals surface area contributed by atoms with Crippen molar-refractivity contribution in [3.63, 3.8) is 0 Å². The Morgan fingerprint density at radius 3 is 1.43 bits per heavy atom. The van der Waals surface area contributed by atoms with Gasteiger partial charge in [0.15, 0.2) is 0 Å². The van der Waals surface area contributed by atoms with Crippen LogP contribution in [0.25, 0.3) is 0 Å². The molecule has 10 nitrogen and oxygen atoms in total. The van der Waals surface area contributed by atoms with E-state index in [-0.39, 0.29) is 11.8 Å². The quantitative estimate of drug-likeness (QED) is 0.223. The highest BCUT2D eigenvalue weighted by atomic mass is 28.5. The molecule has 0 unspecified atom stereocenters. The van der Waals surface area contributed by atoms with E-state index in [0.29, 0.717) is 24.0 Å². The first-order valence-electron chi connectivity index (χ1n) is 8.65. The fourth-order valence-corrected chi connectivity index (χ4v) is 13.3. The molecule has 0 spiro atoms. The third-order valence-electron chi connectivity index (χ3n) is 3.55. The SMILES string of the molecule is Cc1cc(CCC[Si](O[Si](C)(O)O)(O[Si](C)(O)O)O[Si](C)(O)O)cc(C)c1O. The first-order chi connectivity index (χ1) is 12.4. The van der Waals surface area contributed by atoms with Gasteiger partial charge in [-0.25, -0.2) is 0 Å². The Morgan fingerprint density at radius 2 is 1.11 bits per heavy atom. The lowest BCUT2D eigenvalue weighted by atomic mass is 10.0. The van der Waals surface area contributed by atoms with Gasteiger partial charge >= 0.3 is 35.2 Å². The van der Waals surface area contributed by atoms with E-state index in [1.54, 1.807) is 26.0 Å². The standard InChI is InChI=1S/C14H30O10Si4/c1-11-9-13(10-12(2)14(11)15)7-6-8-28(22-25(3,16)17,23-26(4,18)19)24-27(5,20)21/h9-10,15-21H,6-8H2,1-5H3. The highest BCUT2D eigenvalue weighted by Gasteiger charge is 2.56. The van der Waals surface area contributed by atoms with Crippen molar-refractivity contribution in [2.45, 2.75) is 52.4 Å². The predicted octanol–water partition coefficient (Wildman–Crippen LogP) is -0.410. The van der Waals surface area contributed by atoms with Crippen LogP contribution in [-0.2, 0) is 18.8 Å². The van der Waals surface area contributed by atoms with Crippen LogP contribution in [0.5, 0.6) is 5.75 Å². The molecule has 0 aliphatic rings. The van der Waals surface area contributed by atoms with Crippen LogP contribution < -0.4 is 0 Å². The van der Waals surface area contributed by atoms with Crippen molar-refractivity contribution in [2.75, 3.05) is 0 Å². The monoisotopic (exact) mass is 470 g/mol. The van der Waals surface area contributed by atoms with Crippen molar-refractivity contribution in [3.05, 3.63) is 28.8 Å². The van der Waals surface area contributed by atoms with E-state index in [4.69, 9.17) is 12.3 Å². The summed E-state index contributed by atoms with van der Waals surface area (Å²) in [6.45, 7) is 6.55. The van der Waals surface area contributed by atoms with Crippen LogP contribution in [0.1, 0.15) is 23.1 Å². The summed E-state index contributed by atoms with van der Waals surface area (Å²) in [5, 5.41) is 9.86. The Labute approximate surface area is 168 Å². The minimum absolute atomic E-state index is 0.108. The molecule has 0 saturated heterocycles. The van der Waals surface area contributed by atoms with Gasteiger partial charge in [0.05, 0.1) is 0 Å². The molecule has 28 heavy (non-hydrogen) atoms. The lowest BCUT2D eigenvalue weighted by Gasteiger charge is -2.37. The van der Waals surface area contributed by atoms with E-state index in [2.05, 4.69) is 0 Å². The Bertz CT molecular complexity index is 602. The molecule has 0 aromatic heterocycles. The Kier molecular flexibility index (Phi) is 8.33. The molecule has 0 aliphatic heterocycles. The summed E-state index contributed by atoms with van der Waals surface area (Å²) >= 11 is 0. The summed E-state index contributed by atoms with van der Waals surface area (Å²) in [7, 11) is -17.1. The number of rotatable bonds is 10. The molecule has 1 aromatic carbocycles. The van der Waals surface area contributed by atoms with Crippen molar-refractivity contribution in [3.8, 4) is 5.75 Å². The van der Waals surface area contributed by atoms with Gasteiger partial charge in [0.25, 0.3) is 0 Å². The molecule has 0 heterocycles. The fourth-order valence-electron chi connectivity index (χ4n) is 2.80. The molecule has 0 saturated carbocycles. The highest BCUT2D eigenvalue weighted by molar-refractivity contribution is 6.83. The second-order valence-corrected chi connectivity index (χ2v) is 17.1. The molecule has 162 valence electrons. The lowest BCUT2D eigenvalue weighted by molar-refractivity contribution is 0.108. The number of hydrogen-bond acceptors (Lipinski definition) is 10. The third-order valence-corrected chi connectivity index (χ3v) is 12.9. The van der Waals surface area contributed by atoms with Crippen LogP contribution in [0.2, 0.25) is 25.7 Å². The fraction of sp³-hybridized carbons (Fsp3) is 0.571. The van der Waals surface area contributed by atoms with E-state index in [0.717, 1.165) is 25.2 Å². The third kappa shape index (κ3) is 9.35. The molecule has 0 bridgehead atoms. The molecule has 0 aliphatic carbocycles. The van der Waals surface area contributed by atoms with Crippen LogP contribution in [0.15, 0.2) is 12.1 Å². The highest BCUT2D eigenvalue weighted by Crippen LogP contribution is 2.28. The molecule has 14 heteroatoms. The van der Waals surface area contributed by atoms with Gasteiger partial charge in [0.1, 0.15) is 5.75 Å². The zero-order valence-corrected chi connectivity index (χ0v) is 20.6. The number of hydrogen-bond donors (Lipinski definition) is 7. The van der Waals surface area contributed by atoms with Crippen LogP contribution >= 0.6 is 0 Å². The number of phenols is 1. The summed E-state index contributed by atoms with van der Waals surface area (Å²) in [5.41, 5.74) is 2.28. The predicted molar refractivity (Wildman–Crippen MR) is 108 cm³/mol. The van der Waals surface area contributed by atoms with Gasteiger partial charge in [-0.1, -0.05) is 12.1 Å². The maximum absolute atomic E-state index is 9.86. The van der Waals surface area contributed by atoms with Gasteiger partial charge < -0.3 is 46.2 Å². The summed E-state index contributed by atoms with van der Waals surface area (Å²) in [5.74, 6) is 0.203. The zero-order chi connectivity index (χ0) is 22.0. The van der Waals surface area contributed by atoms with Gasteiger partial charge in [-0.2, -0.15) is 0 Å². The second-order valence-electron chi connectivity index (χ2n) is 7.22. The van der Waals surface area contributed by atoms with Crippen molar-refractivity contribution in [1.82, 2.24) is 0 Å². The average Bonchev–Trinajstić information content (AvgIpc) is 2.38. The summed E-state index contributed by atoms with van der Waals surface area (Å²) in [6.07, 6.45) is 0.751. The summed E-state index contributed by atoms with van der Waals surface area (Å²) < 4.78 is 15.6. The summed E-state index contributed by atoms with van der Waals surface area (Å²) in [4.78, 5) is 58.7. The second kappa shape index (κ2) is 9.12. The molecule has 1 aromatic rings. The van der Waals surface area contributed by atoms with E-state index in [1.807, 2.05) is 0 Å². The maximum Gasteiger partial charge on any atom is 0.484 e. The molecule has 1 rings (SSSR count). The summed E-state index contributed by atoms with van der Waals surface area (Å²) in [6, 6.07) is 3.47. The number of benzene rings is 1. The Hall–Kier alpha value is -0.472. The largest absolute Gasteiger partial charge is 0.507 e. The Morgan fingerprint density at radius 1 is 0.750 bits per heavy atom. The van der Waals surface area contributed by atoms with Crippen LogP contribution in [-0.4, -0.2) is 69.1 Å². The van der Waals surface area contributed by atoms with E-state index in [1.165, 1.54) is 0 Å². The first-order valence-corrected chi connectivity index (χ1v) is 17.5. The normalized spacial score (nSPS) is 13.8. The van der Waals surface area contributed by atoms with Gasteiger partial charge in [-0.05, 0) is 43.4 Å². The van der Waals surface area contributed by atoms with Crippen molar-refractivity contribution < 1.29 is 46.2 Å². The topological polar surface area (TPSA) is 169 Å². The molecule has 0 amide bonds. The maximum atomic E-state index is 9.86. The average molecular weight is 471 g/mol. The van der Waals surface area contributed by atoms with Crippen LogP contribution in [0, 0.1) is 13.8 Å². The number of phenolic OH excluding ortho intramolecular Hbond substituents is 1. The van der Waals surface area contributed by atoms with Gasteiger partial charge in [0.2, 0.25) is 0 Å². The van der Waals surface area contributed by atoms with Gasteiger partial charge in [-0.15, -0.1) is 0 Å². The van der Waals surface area contributed by atoms with E-state index < -0.39 is 35.2 Å². The molecular weight excluding hydrogens is 440 g/mol. The van der Waals surface area contributed by atoms with Crippen molar-refractivity contribution >= 4 is 35.2 Å². The lowest BCUT2D eigenvalue weighted by Crippen LogP contribution is -2.64. The van der Waals surface area contributed by atoms with Crippen LogP contribution in [0.4, 0.5) is 0 Å². The van der Waals surface area contributed by atoms with E-state index >= 15 is 0 Å². The number of aryl methyl sites for hydroxylation is 3. The van der Waals surface area contributed by atoms with Gasteiger partial charge in [0, 0.05) is 25.7 Å². The Balaban J connectivity index is 3.09. The molecule has 0 atom stereocenters. The van der Waals surface area contributed by atoms with Crippen molar-refractivity contribution in [2.24, 2.45) is 0 Å². The number of aromatic hydroxyl groups is 1. The minimum atomic E-state index is -4.27. The minimum Gasteiger partial charge on any atom is -0.507 e. The van der Waals surface area contributed by atoms with E-state index in [9.17, 15) is 33.9 Å². The molecule has 0 radical (unpaired) electrons.